The Balaban J connectivity index is 1.69. The van der Waals surface area contributed by atoms with Crippen molar-refractivity contribution in [1.82, 2.24) is 5.32 Å². The van der Waals surface area contributed by atoms with E-state index in [1.54, 1.807) is 0 Å². The Bertz CT molecular complexity index is 305. The van der Waals surface area contributed by atoms with Crippen molar-refractivity contribution in [1.29, 1.82) is 0 Å². The van der Waals surface area contributed by atoms with Gasteiger partial charge in [-0.05, 0) is 88.0 Å². The molecular weight excluding hydrogens is 258 g/mol. The first-order chi connectivity index (χ1) is 10.1. The predicted octanol–water partition coefficient (Wildman–Crippen LogP) is 4.39. The van der Waals surface area contributed by atoms with Gasteiger partial charge in [0.25, 0.3) is 0 Å². The fraction of sp³-hybridized carbons (Fsp3) is 1.00. The molecule has 0 aromatic carbocycles. The standard InChI is InChI=1S/C19H35NO/c1-4-6-20-18(13-21-14(3)5-2)19-10-15-7-16(11-19)9-17(8-15)12-19/h14-18,20H,4-13H2,1-3H3. The lowest BCUT2D eigenvalue weighted by Gasteiger charge is -2.59. The SMILES string of the molecule is CCCNC(COC(C)CC)C12CC3CC(CC(C3)C1)C2. The molecule has 2 atom stereocenters. The second-order valence-corrected chi connectivity index (χ2v) is 8.34. The second-order valence-electron chi connectivity index (χ2n) is 8.34. The summed E-state index contributed by atoms with van der Waals surface area (Å²) in [7, 11) is 0. The summed E-state index contributed by atoms with van der Waals surface area (Å²) < 4.78 is 6.18. The van der Waals surface area contributed by atoms with Crippen LogP contribution in [0.15, 0.2) is 0 Å². The van der Waals surface area contributed by atoms with E-state index < -0.39 is 0 Å². The van der Waals surface area contributed by atoms with Crippen molar-refractivity contribution in [3.63, 3.8) is 0 Å². The van der Waals surface area contributed by atoms with E-state index in [0.29, 0.717) is 17.6 Å². The van der Waals surface area contributed by atoms with E-state index >= 15 is 0 Å². The molecule has 4 fully saturated rings. The van der Waals surface area contributed by atoms with E-state index in [-0.39, 0.29) is 0 Å². The highest BCUT2D eigenvalue weighted by Gasteiger charge is 2.54. The van der Waals surface area contributed by atoms with Gasteiger partial charge in [0.15, 0.2) is 0 Å². The van der Waals surface area contributed by atoms with Gasteiger partial charge in [-0.1, -0.05) is 13.8 Å². The van der Waals surface area contributed by atoms with Crippen molar-refractivity contribution in [3.05, 3.63) is 0 Å². The van der Waals surface area contributed by atoms with Crippen LogP contribution < -0.4 is 5.32 Å². The summed E-state index contributed by atoms with van der Waals surface area (Å²) in [5.74, 6) is 3.10. The highest BCUT2D eigenvalue weighted by Crippen LogP contribution is 2.61. The topological polar surface area (TPSA) is 21.3 Å². The molecule has 21 heavy (non-hydrogen) atoms. The van der Waals surface area contributed by atoms with E-state index in [9.17, 15) is 0 Å². The summed E-state index contributed by atoms with van der Waals surface area (Å²) in [6.45, 7) is 8.80. The molecule has 0 heterocycles. The van der Waals surface area contributed by atoms with Gasteiger partial charge >= 0.3 is 0 Å². The van der Waals surface area contributed by atoms with Crippen molar-refractivity contribution in [2.24, 2.45) is 23.2 Å². The molecule has 122 valence electrons. The summed E-state index contributed by atoms with van der Waals surface area (Å²) in [4.78, 5) is 0. The fourth-order valence-corrected chi connectivity index (χ4v) is 5.75. The van der Waals surface area contributed by atoms with Gasteiger partial charge in [-0.2, -0.15) is 0 Å². The van der Waals surface area contributed by atoms with Crippen LogP contribution in [0, 0.1) is 23.2 Å². The minimum absolute atomic E-state index is 0.407. The number of rotatable bonds is 8. The van der Waals surface area contributed by atoms with Gasteiger partial charge in [-0.25, -0.2) is 0 Å². The first kappa shape index (κ1) is 15.8. The van der Waals surface area contributed by atoms with Crippen LogP contribution in [-0.2, 0) is 4.74 Å². The molecule has 2 heteroatoms. The Kier molecular flexibility index (Phi) is 4.95. The molecule has 0 radical (unpaired) electrons. The second kappa shape index (κ2) is 6.58. The predicted molar refractivity (Wildman–Crippen MR) is 88.4 cm³/mol. The lowest BCUT2D eigenvalue weighted by atomic mass is 9.47. The maximum absolute atomic E-state index is 6.18. The van der Waals surface area contributed by atoms with Gasteiger partial charge in [0, 0.05) is 6.04 Å². The molecule has 4 saturated carbocycles. The number of hydrogen-bond acceptors (Lipinski definition) is 2. The zero-order valence-corrected chi connectivity index (χ0v) is 14.4. The number of hydrogen-bond donors (Lipinski definition) is 1. The molecule has 0 aromatic rings. The van der Waals surface area contributed by atoms with Gasteiger partial charge in [-0.3, -0.25) is 0 Å². The van der Waals surface area contributed by atoms with Gasteiger partial charge in [-0.15, -0.1) is 0 Å². The lowest BCUT2D eigenvalue weighted by molar-refractivity contribution is -0.0944. The first-order valence-corrected chi connectivity index (χ1v) is 9.50. The highest BCUT2D eigenvalue weighted by molar-refractivity contribution is 5.06. The number of nitrogens with one attached hydrogen (secondary N) is 1. The Morgan fingerprint density at radius 2 is 1.62 bits per heavy atom. The average Bonchev–Trinajstić information content (AvgIpc) is 2.45. The normalized spacial score (nSPS) is 40.4. The average molecular weight is 293 g/mol. The first-order valence-electron chi connectivity index (χ1n) is 9.50. The van der Waals surface area contributed by atoms with Crippen molar-refractivity contribution in [3.8, 4) is 0 Å². The molecule has 2 nitrogen and oxygen atoms in total. The van der Waals surface area contributed by atoms with E-state index in [1.165, 1.54) is 44.9 Å². The van der Waals surface area contributed by atoms with E-state index in [0.717, 1.165) is 37.3 Å². The Morgan fingerprint density at radius 3 is 2.10 bits per heavy atom. The van der Waals surface area contributed by atoms with Gasteiger partial charge < -0.3 is 10.1 Å². The molecule has 0 spiro atoms. The minimum Gasteiger partial charge on any atom is -0.377 e. The fourth-order valence-electron chi connectivity index (χ4n) is 5.75. The third kappa shape index (κ3) is 3.32. The lowest BCUT2D eigenvalue weighted by Crippen LogP contribution is -2.57. The maximum atomic E-state index is 6.18. The van der Waals surface area contributed by atoms with Crippen LogP contribution in [0.3, 0.4) is 0 Å². The van der Waals surface area contributed by atoms with Crippen LogP contribution in [0.5, 0.6) is 0 Å². The molecular formula is C19H35NO. The summed E-state index contributed by atoms with van der Waals surface area (Å²) in [6, 6.07) is 0.597. The van der Waals surface area contributed by atoms with Crippen molar-refractivity contribution >= 4 is 0 Å². The molecule has 0 aliphatic heterocycles. The van der Waals surface area contributed by atoms with Crippen LogP contribution in [0.25, 0.3) is 0 Å². The van der Waals surface area contributed by atoms with Crippen molar-refractivity contribution in [2.45, 2.75) is 84.3 Å². The van der Waals surface area contributed by atoms with E-state index in [4.69, 9.17) is 4.74 Å². The van der Waals surface area contributed by atoms with Crippen LogP contribution in [0.2, 0.25) is 0 Å². The Hall–Kier alpha value is -0.0800. The third-order valence-corrected chi connectivity index (χ3v) is 6.59. The smallest absolute Gasteiger partial charge is 0.0628 e. The molecule has 1 N–H and O–H groups in total. The molecule has 0 saturated heterocycles. The number of ether oxygens (including phenoxy) is 1. The highest BCUT2D eigenvalue weighted by atomic mass is 16.5. The Labute approximate surface area is 131 Å². The van der Waals surface area contributed by atoms with Crippen LogP contribution >= 0.6 is 0 Å². The largest absolute Gasteiger partial charge is 0.377 e. The molecule has 4 bridgehead atoms. The van der Waals surface area contributed by atoms with Gasteiger partial charge in [0.1, 0.15) is 0 Å². The quantitative estimate of drug-likeness (QED) is 0.717. The third-order valence-electron chi connectivity index (χ3n) is 6.59. The molecule has 2 unspecified atom stereocenters. The Morgan fingerprint density at radius 1 is 1.05 bits per heavy atom. The summed E-state index contributed by atoms with van der Waals surface area (Å²) in [6.07, 6.45) is 11.8. The van der Waals surface area contributed by atoms with E-state index in [1.807, 2.05) is 0 Å². The zero-order chi connectivity index (χ0) is 14.9. The summed E-state index contributed by atoms with van der Waals surface area (Å²) in [5.41, 5.74) is 0.567. The molecule has 4 aliphatic carbocycles. The molecule has 0 amide bonds. The van der Waals surface area contributed by atoms with Crippen LogP contribution in [0.1, 0.15) is 72.1 Å². The molecule has 0 aromatic heterocycles. The summed E-state index contributed by atoms with van der Waals surface area (Å²) in [5, 5.41) is 3.88. The van der Waals surface area contributed by atoms with Crippen LogP contribution in [0.4, 0.5) is 0 Å². The van der Waals surface area contributed by atoms with Gasteiger partial charge in [0.2, 0.25) is 0 Å². The van der Waals surface area contributed by atoms with E-state index in [2.05, 4.69) is 26.1 Å². The monoisotopic (exact) mass is 293 g/mol. The molecule has 4 rings (SSSR count). The van der Waals surface area contributed by atoms with Crippen molar-refractivity contribution < 1.29 is 4.74 Å². The van der Waals surface area contributed by atoms with Gasteiger partial charge in [0.05, 0.1) is 12.7 Å². The van der Waals surface area contributed by atoms with Crippen LogP contribution in [-0.4, -0.2) is 25.3 Å². The minimum atomic E-state index is 0.407. The molecule has 4 aliphatic rings. The summed E-state index contributed by atoms with van der Waals surface area (Å²) >= 11 is 0. The zero-order valence-electron chi connectivity index (χ0n) is 14.4. The van der Waals surface area contributed by atoms with Crippen molar-refractivity contribution in [2.75, 3.05) is 13.2 Å². The maximum Gasteiger partial charge on any atom is 0.0628 e.